The Morgan fingerprint density at radius 1 is 1.14 bits per heavy atom. The van der Waals surface area contributed by atoms with Crippen molar-refractivity contribution in [1.82, 2.24) is 9.88 Å². The van der Waals surface area contributed by atoms with Crippen molar-refractivity contribution in [2.45, 2.75) is 20.0 Å². The van der Waals surface area contributed by atoms with Crippen LogP contribution in [0.1, 0.15) is 21.6 Å². The van der Waals surface area contributed by atoms with E-state index < -0.39 is 11.5 Å². The van der Waals surface area contributed by atoms with Crippen molar-refractivity contribution in [3.63, 3.8) is 0 Å². The van der Waals surface area contributed by atoms with Crippen LogP contribution in [0.25, 0.3) is 0 Å². The summed E-state index contributed by atoms with van der Waals surface area (Å²) in [5.41, 5.74) is 0.452. The van der Waals surface area contributed by atoms with Crippen molar-refractivity contribution in [2.75, 3.05) is 0 Å². The van der Waals surface area contributed by atoms with Crippen molar-refractivity contribution in [1.29, 1.82) is 0 Å². The maximum Gasteiger partial charge on any atom is 0.341 e. The Labute approximate surface area is 127 Å². The molecule has 0 spiro atoms. The van der Waals surface area contributed by atoms with Crippen LogP contribution in [0.4, 0.5) is 0 Å². The second kappa shape index (κ2) is 6.71. The van der Waals surface area contributed by atoms with Crippen LogP contribution in [0, 0.1) is 6.92 Å². The fraction of sp³-hybridized carbons (Fsp3) is 0.188. The van der Waals surface area contributed by atoms with Crippen molar-refractivity contribution in [2.24, 2.45) is 0 Å². The molecule has 1 aromatic heterocycles. The van der Waals surface area contributed by atoms with Gasteiger partial charge in [0.25, 0.3) is 5.56 Å². The average Bonchev–Trinajstić information content (AvgIpc) is 2.50. The highest BCUT2D eigenvalue weighted by Crippen LogP contribution is 2.00. The van der Waals surface area contributed by atoms with Gasteiger partial charge < -0.3 is 15.0 Å². The molecule has 6 heteroatoms. The molecule has 0 aliphatic carbocycles. The predicted octanol–water partition coefficient (Wildman–Crippen LogP) is 1.17. The van der Waals surface area contributed by atoms with E-state index in [1.807, 2.05) is 30.3 Å². The summed E-state index contributed by atoms with van der Waals surface area (Å²) in [5, 5.41) is 11.7. The van der Waals surface area contributed by atoms with Crippen LogP contribution in [0.5, 0.6) is 0 Å². The molecule has 0 radical (unpaired) electrons. The van der Waals surface area contributed by atoms with Crippen LogP contribution in [-0.2, 0) is 17.9 Å². The van der Waals surface area contributed by atoms with E-state index in [4.69, 9.17) is 5.11 Å². The molecule has 22 heavy (non-hydrogen) atoms. The summed E-state index contributed by atoms with van der Waals surface area (Å²) in [7, 11) is 0. The Kier molecular flexibility index (Phi) is 4.73. The highest BCUT2D eigenvalue weighted by Gasteiger charge is 2.14. The van der Waals surface area contributed by atoms with Crippen molar-refractivity contribution in [3.8, 4) is 0 Å². The van der Waals surface area contributed by atoms with E-state index in [0.29, 0.717) is 12.2 Å². The summed E-state index contributed by atoms with van der Waals surface area (Å²) in [6, 6.07) is 12.1. The van der Waals surface area contributed by atoms with Gasteiger partial charge in [-0.2, -0.15) is 0 Å². The Bertz CT molecular complexity index is 750. The lowest BCUT2D eigenvalue weighted by Gasteiger charge is -2.11. The maximum absolute atomic E-state index is 12.0. The number of carboxylic acids is 1. The molecule has 0 saturated carbocycles. The first-order valence-electron chi connectivity index (χ1n) is 6.73. The van der Waals surface area contributed by atoms with E-state index in [9.17, 15) is 14.4 Å². The van der Waals surface area contributed by atoms with Crippen LogP contribution >= 0.6 is 0 Å². The van der Waals surface area contributed by atoms with Gasteiger partial charge >= 0.3 is 5.97 Å². The SMILES string of the molecule is Cc1ccc(C(=O)O)c(=O)n1CC(=O)NCc1ccccc1. The fourth-order valence-electron chi connectivity index (χ4n) is 2.03. The zero-order valence-corrected chi connectivity index (χ0v) is 12.1. The molecule has 0 saturated heterocycles. The highest BCUT2D eigenvalue weighted by atomic mass is 16.4. The third kappa shape index (κ3) is 3.60. The molecular formula is C16H16N2O4. The number of carboxylic acid groups (broad SMARTS) is 1. The quantitative estimate of drug-likeness (QED) is 0.867. The average molecular weight is 300 g/mol. The number of carbonyl (C=O) groups is 2. The second-order valence-electron chi connectivity index (χ2n) is 4.85. The third-order valence-corrected chi connectivity index (χ3v) is 3.26. The molecule has 6 nitrogen and oxygen atoms in total. The van der Waals surface area contributed by atoms with Gasteiger partial charge in [-0.1, -0.05) is 30.3 Å². The van der Waals surface area contributed by atoms with Gasteiger partial charge in [-0.15, -0.1) is 0 Å². The Morgan fingerprint density at radius 3 is 2.45 bits per heavy atom. The zero-order chi connectivity index (χ0) is 16.1. The van der Waals surface area contributed by atoms with Gasteiger partial charge in [0.2, 0.25) is 5.91 Å². The lowest BCUT2D eigenvalue weighted by Crippen LogP contribution is -2.35. The summed E-state index contributed by atoms with van der Waals surface area (Å²) < 4.78 is 1.16. The summed E-state index contributed by atoms with van der Waals surface area (Å²) in [5.74, 6) is -1.65. The van der Waals surface area contributed by atoms with Crippen molar-refractivity contribution < 1.29 is 14.7 Å². The minimum absolute atomic E-state index is 0.210. The number of aromatic nitrogens is 1. The molecular weight excluding hydrogens is 284 g/mol. The molecule has 114 valence electrons. The molecule has 0 fully saturated rings. The molecule has 1 aromatic carbocycles. The predicted molar refractivity (Wildman–Crippen MR) is 80.7 cm³/mol. The van der Waals surface area contributed by atoms with Gasteiger partial charge in [-0.25, -0.2) is 4.79 Å². The molecule has 2 N–H and O–H groups in total. The van der Waals surface area contributed by atoms with Crippen molar-refractivity contribution in [3.05, 3.63) is 69.6 Å². The monoisotopic (exact) mass is 300 g/mol. The van der Waals surface area contributed by atoms with Crippen LogP contribution in [0.15, 0.2) is 47.3 Å². The summed E-state index contributed by atoms with van der Waals surface area (Å²) in [6.07, 6.45) is 0. The Morgan fingerprint density at radius 2 is 1.82 bits per heavy atom. The first kappa shape index (κ1) is 15.5. The van der Waals surface area contributed by atoms with Gasteiger partial charge in [-0.3, -0.25) is 9.59 Å². The number of hydrogen-bond donors (Lipinski definition) is 2. The topological polar surface area (TPSA) is 88.4 Å². The molecule has 1 amide bonds. The van der Waals surface area contributed by atoms with Gasteiger partial charge in [-0.05, 0) is 24.6 Å². The third-order valence-electron chi connectivity index (χ3n) is 3.26. The number of pyridine rings is 1. The fourth-order valence-corrected chi connectivity index (χ4v) is 2.03. The lowest BCUT2D eigenvalue weighted by atomic mass is 10.2. The molecule has 0 aliphatic heterocycles. The van der Waals surface area contributed by atoms with Gasteiger partial charge in [0.15, 0.2) is 0 Å². The van der Waals surface area contributed by atoms with Crippen LogP contribution < -0.4 is 10.9 Å². The Hall–Kier alpha value is -2.89. The number of nitrogens with one attached hydrogen (secondary N) is 1. The maximum atomic E-state index is 12.0. The molecule has 2 rings (SSSR count). The van der Waals surface area contributed by atoms with Gasteiger partial charge in [0.1, 0.15) is 12.1 Å². The number of hydrogen-bond acceptors (Lipinski definition) is 3. The standard InChI is InChI=1S/C16H16N2O4/c1-11-7-8-13(16(21)22)15(20)18(11)10-14(19)17-9-12-5-3-2-4-6-12/h2-8H,9-10H2,1H3,(H,17,19)(H,21,22). The number of carbonyl (C=O) groups excluding carboxylic acids is 1. The number of aryl methyl sites for hydroxylation is 1. The zero-order valence-electron chi connectivity index (χ0n) is 12.1. The number of nitrogens with zero attached hydrogens (tertiary/aromatic N) is 1. The number of rotatable bonds is 5. The van der Waals surface area contributed by atoms with Crippen LogP contribution in [-0.4, -0.2) is 21.6 Å². The van der Waals surface area contributed by atoms with E-state index in [0.717, 1.165) is 10.1 Å². The Balaban J connectivity index is 2.10. The normalized spacial score (nSPS) is 10.2. The summed E-state index contributed by atoms with van der Waals surface area (Å²) >= 11 is 0. The molecule has 2 aromatic rings. The van der Waals surface area contributed by atoms with Crippen molar-refractivity contribution >= 4 is 11.9 Å². The summed E-state index contributed by atoms with van der Waals surface area (Å²) in [6.45, 7) is 1.79. The molecule has 0 bridgehead atoms. The summed E-state index contributed by atoms with van der Waals surface area (Å²) in [4.78, 5) is 35.0. The first-order valence-corrected chi connectivity index (χ1v) is 6.73. The number of benzene rings is 1. The van der Waals surface area contributed by atoms with Gasteiger partial charge in [0.05, 0.1) is 0 Å². The van der Waals surface area contributed by atoms with Gasteiger partial charge in [0, 0.05) is 12.2 Å². The number of amides is 1. The second-order valence-corrected chi connectivity index (χ2v) is 4.85. The largest absolute Gasteiger partial charge is 0.477 e. The minimum atomic E-state index is -1.30. The number of aromatic carboxylic acids is 1. The first-order chi connectivity index (χ1) is 10.5. The van der Waals surface area contributed by atoms with Crippen LogP contribution in [0.2, 0.25) is 0 Å². The van der Waals surface area contributed by atoms with E-state index >= 15 is 0 Å². The van der Waals surface area contributed by atoms with Crippen LogP contribution in [0.3, 0.4) is 0 Å². The van der Waals surface area contributed by atoms with E-state index in [2.05, 4.69) is 5.32 Å². The lowest BCUT2D eigenvalue weighted by molar-refractivity contribution is -0.121. The smallest absolute Gasteiger partial charge is 0.341 e. The highest BCUT2D eigenvalue weighted by molar-refractivity contribution is 5.87. The molecule has 1 heterocycles. The van der Waals surface area contributed by atoms with E-state index in [1.54, 1.807) is 6.92 Å². The van der Waals surface area contributed by atoms with E-state index in [-0.39, 0.29) is 18.0 Å². The molecule has 0 aliphatic rings. The molecule has 0 unspecified atom stereocenters. The minimum Gasteiger partial charge on any atom is -0.477 e. The van der Waals surface area contributed by atoms with E-state index in [1.165, 1.54) is 12.1 Å². The molecule has 0 atom stereocenters.